The molecule has 106 valence electrons. The van der Waals surface area contributed by atoms with Gasteiger partial charge in [0.2, 0.25) is 0 Å². The monoisotopic (exact) mass is 490 g/mol. The van der Waals surface area contributed by atoms with E-state index in [0.717, 1.165) is 0 Å². The van der Waals surface area contributed by atoms with E-state index in [0.29, 0.717) is 0 Å². The average molecular weight is 488 g/mol. The molecular weight excluding hydrogens is 461 g/mol. The van der Waals surface area contributed by atoms with Crippen LogP contribution in [0.4, 0.5) is 0 Å². The molecule has 1 aromatic rings. The van der Waals surface area contributed by atoms with Gasteiger partial charge in [-0.15, -0.1) is 0 Å². The zero-order valence-electron chi connectivity index (χ0n) is 12.3. The van der Waals surface area contributed by atoms with Gasteiger partial charge >= 0.3 is 76.8 Å². The van der Waals surface area contributed by atoms with E-state index < -0.39 is 47.1 Å². The fourth-order valence-electron chi connectivity index (χ4n) is 0.622. The predicted octanol–water partition coefficient (Wildman–Crippen LogP) is 2.70. The number of hydrogen-bond acceptors (Lipinski definition) is 1. The molecule has 0 spiro atoms. The second-order valence-electron chi connectivity index (χ2n) is 5.34. The van der Waals surface area contributed by atoms with E-state index in [1.807, 2.05) is 0 Å². The molecule has 0 atom stereocenters. The Hall–Kier alpha value is 0.967. The molecule has 0 heterocycles. The van der Waals surface area contributed by atoms with E-state index in [1.54, 1.807) is 18.2 Å². The SMILES string of the molecule is O=P(O)(O)c1ccccc1.[CH3][SnH]([CH3])[CH3].[CH3][SnH]([CH3])[CH3]. The number of benzene rings is 1. The molecule has 0 aliphatic carbocycles. The number of rotatable bonds is 1. The predicted molar refractivity (Wildman–Crippen MR) is 87.6 cm³/mol. The Morgan fingerprint density at radius 1 is 0.833 bits per heavy atom. The Kier molecular flexibility index (Phi) is 13.9. The van der Waals surface area contributed by atoms with Crippen LogP contribution in [0.1, 0.15) is 0 Å². The minimum absolute atomic E-state index is 0.0648. The van der Waals surface area contributed by atoms with E-state index in [2.05, 4.69) is 29.6 Å². The third kappa shape index (κ3) is 19.3. The zero-order chi connectivity index (χ0) is 14.8. The third-order valence-corrected chi connectivity index (χ3v) is 2.06. The topological polar surface area (TPSA) is 57.5 Å². The van der Waals surface area contributed by atoms with Crippen LogP contribution < -0.4 is 5.30 Å². The molecule has 0 amide bonds. The van der Waals surface area contributed by atoms with Gasteiger partial charge in [-0.2, -0.15) is 0 Å². The molecule has 2 N–H and O–H groups in total. The van der Waals surface area contributed by atoms with Gasteiger partial charge in [-0.25, -0.2) is 0 Å². The van der Waals surface area contributed by atoms with Crippen molar-refractivity contribution in [2.75, 3.05) is 0 Å². The Morgan fingerprint density at radius 3 is 1.28 bits per heavy atom. The Labute approximate surface area is 126 Å². The molecule has 0 saturated heterocycles. The Morgan fingerprint density at radius 2 is 1.11 bits per heavy atom. The van der Waals surface area contributed by atoms with Gasteiger partial charge in [-0.05, 0) is 12.1 Å². The van der Waals surface area contributed by atoms with Gasteiger partial charge in [-0.1, -0.05) is 18.2 Å². The fraction of sp³-hybridized carbons (Fsp3) is 0.500. The molecule has 0 bridgehead atoms. The summed E-state index contributed by atoms with van der Waals surface area (Å²) in [7, 11) is -4.02. The molecule has 3 nitrogen and oxygen atoms in total. The van der Waals surface area contributed by atoms with Crippen molar-refractivity contribution in [2.45, 2.75) is 29.6 Å². The van der Waals surface area contributed by atoms with E-state index in [4.69, 9.17) is 9.79 Å². The maximum absolute atomic E-state index is 10.5. The Bertz CT molecular complexity index is 325. The van der Waals surface area contributed by atoms with Crippen LogP contribution in [0.15, 0.2) is 30.3 Å². The summed E-state index contributed by atoms with van der Waals surface area (Å²) in [5.74, 6) is 0. The van der Waals surface area contributed by atoms with Crippen molar-refractivity contribution >= 4 is 52.4 Å². The quantitative estimate of drug-likeness (QED) is 0.473. The maximum atomic E-state index is 10.5. The van der Waals surface area contributed by atoms with Gasteiger partial charge in [0, 0.05) is 0 Å². The van der Waals surface area contributed by atoms with Crippen LogP contribution in [-0.2, 0) is 4.57 Å². The summed E-state index contributed by atoms with van der Waals surface area (Å²) in [6.45, 7) is 0. The summed E-state index contributed by atoms with van der Waals surface area (Å²) in [5, 5.41) is 0.0648. The van der Waals surface area contributed by atoms with Gasteiger partial charge in [-0.3, -0.25) is 4.57 Å². The van der Waals surface area contributed by atoms with Crippen LogP contribution in [0, 0.1) is 0 Å². The average Bonchev–Trinajstić information content (AvgIpc) is 2.16. The first kappa shape index (κ1) is 21.3. The molecule has 6 heteroatoms. The summed E-state index contributed by atoms with van der Waals surface area (Å²) in [6, 6.07) is 7.70. The first-order valence-electron chi connectivity index (χ1n) is 6.18. The molecule has 1 aromatic carbocycles. The summed E-state index contributed by atoms with van der Waals surface area (Å²) in [4.78, 5) is 31.5. The first-order chi connectivity index (χ1) is 8.07. The van der Waals surface area contributed by atoms with Crippen molar-refractivity contribution in [3.8, 4) is 0 Å². The summed E-state index contributed by atoms with van der Waals surface area (Å²) in [6.07, 6.45) is 0. The molecule has 0 aliphatic rings. The molecule has 1 rings (SSSR count). The summed E-state index contributed by atoms with van der Waals surface area (Å²) in [5.41, 5.74) is 0. The molecule has 0 unspecified atom stereocenters. The van der Waals surface area contributed by atoms with Crippen LogP contribution in [0.25, 0.3) is 0 Å². The zero-order valence-corrected chi connectivity index (χ0v) is 19.8. The van der Waals surface area contributed by atoms with Gasteiger partial charge < -0.3 is 9.79 Å². The molecule has 0 fully saturated rings. The van der Waals surface area contributed by atoms with Crippen LogP contribution in [0.2, 0.25) is 29.6 Å². The van der Waals surface area contributed by atoms with Crippen molar-refractivity contribution < 1.29 is 14.4 Å². The van der Waals surface area contributed by atoms with Crippen molar-refractivity contribution in [1.29, 1.82) is 0 Å². The molecule has 18 heavy (non-hydrogen) atoms. The molecule has 0 saturated carbocycles. The van der Waals surface area contributed by atoms with Crippen molar-refractivity contribution in [3.63, 3.8) is 0 Å². The van der Waals surface area contributed by atoms with Gasteiger partial charge in [0.15, 0.2) is 0 Å². The van der Waals surface area contributed by atoms with Crippen molar-refractivity contribution in [3.05, 3.63) is 30.3 Å². The third-order valence-electron chi connectivity index (χ3n) is 1.09. The molecule has 0 aromatic heterocycles. The van der Waals surface area contributed by atoms with Crippen LogP contribution in [0.5, 0.6) is 0 Å². The molecular formula is C12H27O3PSn2. The van der Waals surface area contributed by atoms with Crippen molar-refractivity contribution in [2.24, 2.45) is 0 Å². The van der Waals surface area contributed by atoms with E-state index in [9.17, 15) is 4.57 Å². The second kappa shape index (κ2) is 11.8. The van der Waals surface area contributed by atoms with E-state index in [-0.39, 0.29) is 5.30 Å². The van der Waals surface area contributed by atoms with E-state index in [1.165, 1.54) is 12.1 Å². The summed E-state index contributed by atoms with van der Waals surface area (Å²) < 4.78 is 10.5. The fourth-order valence-corrected chi connectivity index (χ4v) is 1.18. The number of hydrogen-bond donors (Lipinski definition) is 2. The van der Waals surface area contributed by atoms with Crippen LogP contribution in [0.3, 0.4) is 0 Å². The minimum atomic E-state index is -4.02. The molecule has 0 aliphatic heterocycles. The first-order valence-corrected chi connectivity index (χ1v) is 27.6. The normalized spacial score (nSPS) is 10.3. The van der Waals surface area contributed by atoms with Crippen molar-refractivity contribution in [1.82, 2.24) is 0 Å². The van der Waals surface area contributed by atoms with Gasteiger partial charge in [0.1, 0.15) is 0 Å². The van der Waals surface area contributed by atoms with E-state index >= 15 is 0 Å². The van der Waals surface area contributed by atoms with Crippen LogP contribution in [-0.4, -0.2) is 49.3 Å². The summed E-state index contributed by atoms with van der Waals surface area (Å²) >= 11 is -1.27. The van der Waals surface area contributed by atoms with Gasteiger partial charge in [0.25, 0.3) is 0 Å². The van der Waals surface area contributed by atoms with Gasteiger partial charge in [0.05, 0.1) is 5.30 Å². The Balaban J connectivity index is 0. The molecule has 0 radical (unpaired) electrons. The van der Waals surface area contributed by atoms with Crippen LogP contribution >= 0.6 is 7.60 Å². The second-order valence-corrected chi connectivity index (χ2v) is 26.7. The standard InChI is InChI=1S/C6H7O3P.6CH3.2Sn.2H/c7-10(8,9)6-4-2-1-3-5-6;;;;;;;;;;/h1-5H,(H2,7,8,9);6*1H3;;;;.